The Morgan fingerprint density at radius 1 is 1.45 bits per heavy atom. The Kier molecular flexibility index (Phi) is 3.11. The number of nitriles is 1. The Morgan fingerprint density at radius 3 is 3.10 bits per heavy atom. The number of benzene rings is 1. The highest BCUT2D eigenvalue weighted by molar-refractivity contribution is 6.36. The molecular formula is C15H16BN3O+. The van der Waals surface area contributed by atoms with Crippen molar-refractivity contribution in [3.8, 4) is 5.97 Å². The minimum Gasteiger partial charge on any atom is -0.436 e. The van der Waals surface area contributed by atoms with E-state index in [1.807, 2.05) is 25.1 Å². The molecule has 0 bridgehead atoms. The number of quaternary nitrogens is 1. The first kappa shape index (κ1) is 13.0. The van der Waals surface area contributed by atoms with Crippen LogP contribution in [0.25, 0.3) is 16.7 Å². The second-order valence-corrected chi connectivity index (χ2v) is 5.63. The minimum atomic E-state index is 0.611. The van der Waals surface area contributed by atoms with Crippen LogP contribution < -0.4 is 0 Å². The fourth-order valence-corrected chi connectivity index (χ4v) is 2.65. The Morgan fingerprint density at radius 2 is 2.30 bits per heavy atom. The summed E-state index contributed by atoms with van der Waals surface area (Å²) in [7, 11) is 3.74. The van der Waals surface area contributed by atoms with Crippen LogP contribution in [0.1, 0.15) is 17.9 Å². The first-order valence-electron chi connectivity index (χ1n) is 6.74. The lowest BCUT2D eigenvalue weighted by atomic mass is 9.86. The van der Waals surface area contributed by atoms with Crippen molar-refractivity contribution in [1.82, 2.24) is 4.98 Å². The van der Waals surface area contributed by atoms with Crippen molar-refractivity contribution in [2.75, 3.05) is 20.1 Å². The molecule has 1 aromatic heterocycles. The topological polar surface area (TPSA) is 49.8 Å². The van der Waals surface area contributed by atoms with Gasteiger partial charge in [0.05, 0.1) is 31.7 Å². The Hall–Kier alpha value is -2.06. The van der Waals surface area contributed by atoms with E-state index >= 15 is 0 Å². The molecule has 99 valence electrons. The second kappa shape index (κ2) is 4.80. The zero-order valence-corrected chi connectivity index (χ0v) is 11.8. The van der Waals surface area contributed by atoms with Crippen LogP contribution in [0.3, 0.4) is 0 Å². The number of hydrogen-bond acceptors (Lipinski definition) is 3. The molecule has 1 unspecified atom stereocenters. The molecule has 1 aliphatic rings. The van der Waals surface area contributed by atoms with Gasteiger partial charge in [-0.1, -0.05) is 12.1 Å². The van der Waals surface area contributed by atoms with Crippen molar-refractivity contribution in [2.45, 2.75) is 13.3 Å². The molecule has 0 spiro atoms. The molecule has 0 aliphatic carbocycles. The van der Waals surface area contributed by atoms with Gasteiger partial charge in [-0.15, -0.1) is 0 Å². The number of likely N-dealkylation sites (N-methyl/N-ethyl adjacent to an activating group) is 1. The highest BCUT2D eigenvalue weighted by Gasteiger charge is 2.31. The lowest BCUT2D eigenvalue weighted by Crippen LogP contribution is -2.50. The van der Waals surface area contributed by atoms with Gasteiger partial charge in [0.15, 0.2) is 5.58 Å². The highest BCUT2D eigenvalue weighted by atomic mass is 16.3. The third kappa shape index (κ3) is 2.35. The molecule has 0 saturated heterocycles. The summed E-state index contributed by atoms with van der Waals surface area (Å²) in [6.07, 6.45) is 3.10. The van der Waals surface area contributed by atoms with Gasteiger partial charge in [0.25, 0.3) is 0 Å². The van der Waals surface area contributed by atoms with Crippen LogP contribution in [0.5, 0.6) is 0 Å². The van der Waals surface area contributed by atoms with Crippen LogP contribution in [0.4, 0.5) is 0 Å². The molecule has 0 fully saturated rings. The normalized spacial score (nSPS) is 22.4. The SMILES string of the molecule is Cc1ccc2oc(C3=CCC[N+](C)([B]C#N)C3)nc2c1. The summed E-state index contributed by atoms with van der Waals surface area (Å²) in [4.78, 5) is 4.58. The molecule has 20 heavy (non-hydrogen) atoms. The van der Waals surface area contributed by atoms with Crippen LogP contribution in [0, 0.1) is 18.2 Å². The number of oxazole rings is 1. The van der Waals surface area contributed by atoms with Gasteiger partial charge < -0.3 is 8.81 Å². The zero-order valence-electron chi connectivity index (χ0n) is 11.8. The molecule has 0 N–H and O–H groups in total. The van der Waals surface area contributed by atoms with Gasteiger partial charge >= 0.3 is 7.41 Å². The number of aryl methyl sites for hydroxylation is 1. The summed E-state index contributed by atoms with van der Waals surface area (Å²) < 4.78 is 6.46. The van der Waals surface area contributed by atoms with Crippen molar-refractivity contribution in [2.24, 2.45) is 0 Å². The van der Waals surface area contributed by atoms with Crippen molar-refractivity contribution in [1.29, 1.82) is 5.26 Å². The fourth-order valence-electron chi connectivity index (χ4n) is 2.65. The van der Waals surface area contributed by atoms with E-state index in [0.717, 1.165) is 36.2 Å². The average Bonchev–Trinajstić information content (AvgIpc) is 2.81. The smallest absolute Gasteiger partial charge is 0.436 e. The van der Waals surface area contributed by atoms with Crippen molar-refractivity contribution in [3.05, 3.63) is 35.7 Å². The predicted molar refractivity (Wildman–Crippen MR) is 78.6 cm³/mol. The van der Waals surface area contributed by atoms with Crippen LogP contribution in [-0.4, -0.2) is 36.9 Å². The molecule has 0 saturated carbocycles. The predicted octanol–water partition coefficient (Wildman–Crippen LogP) is 2.47. The number of aromatic nitrogens is 1. The molecular weight excluding hydrogens is 249 g/mol. The van der Waals surface area contributed by atoms with E-state index in [2.05, 4.69) is 24.1 Å². The largest absolute Gasteiger partial charge is 0.577 e. The van der Waals surface area contributed by atoms with Gasteiger partial charge in [-0.2, -0.15) is 0 Å². The van der Waals surface area contributed by atoms with E-state index in [0.29, 0.717) is 10.3 Å². The lowest BCUT2D eigenvalue weighted by Gasteiger charge is -2.35. The molecule has 1 radical (unpaired) electrons. The van der Waals surface area contributed by atoms with E-state index in [-0.39, 0.29) is 0 Å². The van der Waals surface area contributed by atoms with Crippen molar-refractivity contribution >= 4 is 24.1 Å². The maximum Gasteiger partial charge on any atom is 0.577 e. The van der Waals surface area contributed by atoms with Crippen LogP contribution in [0.2, 0.25) is 0 Å². The Balaban J connectivity index is 1.95. The summed E-state index contributed by atoms with van der Waals surface area (Å²) in [5.74, 6) is 2.83. The summed E-state index contributed by atoms with van der Waals surface area (Å²) in [5.41, 5.74) is 3.97. The van der Waals surface area contributed by atoms with Gasteiger partial charge in [-0.3, -0.25) is 0 Å². The molecule has 2 heterocycles. The van der Waals surface area contributed by atoms with E-state index in [4.69, 9.17) is 9.68 Å². The van der Waals surface area contributed by atoms with Gasteiger partial charge in [-0.05, 0) is 24.6 Å². The Bertz CT molecular complexity index is 728. The van der Waals surface area contributed by atoms with E-state index < -0.39 is 0 Å². The second-order valence-electron chi connectivity index (χ2n) is 5.63. The van der Waals surface area contributed by atoms with Crippen LogP contribution in [-0.2, 0) is 0 Å². The summed E-state index contributed by atoms with van der Waals surface area (Å²) in [5, 5.41) is 8.91. The van der Waals surface area contributed by atoms with E-state index in [1.54, 1.807) is 7.41 Å². The summed E-state index contributed by atoms with van der Waals surface area (Å²) in [6, 6.07) is 6.01. The highest BCUT2D eigenvalue weighted by Crippen LogP contribution is 2.26. The molecule has 4 nitrogen and oxygen atoms in total. The molecule has 0 amide bonds. The third-order valence-electron chi connectivity index (χ3n) is 3.75. The third-order valence-corrected chi connectivity index (χ3v) is 3.75. The van der Waals surface area contributed by atoms with Gasteiger partial charge in [0.2, 0.25) is 5.89 Å². The molecule has 1 atom stereocenters. The minimum absolute atomic E-state index is 0.611. The number of fused-ring (bicyclic) bond motifs is 1. The molecule has 3 rings (SSSR count). The molecule has 5 heteroatoms. The lowest BCUT2D eigenvalue weighted by molar-refractivity contribution is -0.792. The molecule has 2 aromatic rings. The maximum atomic E-state index is 8.91. The number of rotatable bonds is 2. The number of nitrogens with zero attached hydrogens (tertiary/aromatic N) is 3. The van der Waals surface area contributed by atoms with Crippen LogP contribution in [0.15, 0.2) is 28.7 Å². The van der Waals surface area contributed by atoms with Crippen molar-refractivity contribution in [3.63, 3.8) is 0 Å². The average molecular weight is 265 g/mol. The number of hydrogen-bond donors (Lipinski definition) is 0. The van der Waals surface area contributed by atoms with Gasteiger partial charge in [-0.25, -0.2) is 10.2 Å². The van der Waals surface area contributed by atoms with E-state index in [1.165, 1.54) is 5.56 Å². The standard InChI is InChI=1S/C15H16BN3O/c1-11-5-6-14-13(8-11)18-15(20-14)12-4-3-7-19(2,9-12)16-10-17/h4-6,8H,3,7,9H2,1-2H3/q+1. The molecule has 1 aliphatic heterocycles. The van der Waals surface area contributed by atoms with Gasteiger partial charge in [0, 0.05) is 6.42 Å². The first-order valence-corrected chi connectivity index (χ1v) is 6.74. The van der Waals surface area contributed by atoms with Crippen LogP contribution >= 0.6 is 0 Å². The fraction of sp³-hybridized carbons (Fsp3) is 0.333. The monoisotopic (exact) mass is 265 g/mol. The summed E-state index contributed by atoms with van der Waals surface area (Å²) in [6.45, 7) is 3.74. The Labute approximate surface area is 119 Å². The van der Waals surface area contributed by atoms with Gasteiger partial charge in [0.1, 0.15) is 5.52 Å². The van der Waals surface area contributed by atoms with Crippen molar-refractivity contribution < 1.29 is 8.81 Å². The maximum absolute atomic E-state index is 8.91. The summed E-state index contributed by atoms with van der Waals surface area (Å²) >= 11 is 0. The first-order chi connectivity index (χ1) is 9.59. The quantitative estimate of drug-likeness (QED) is 0.784. The van der Waals surface area contributed by atoms with E-state index in [9.17, 15) is 0 Å². The molecule has 1 aromatic carbocycles. The zero-order chi connectivity index (χ0) is 14.2.